The van der Waals surface area contributed by atoms with E-state index in [1.165, 1.54) is 30.3 Å². The summed E-state index contributed by atoms with van der Waals surface area (Å²) < 4.78 is 42.6. The fourth-order valence-corrected chi connectivity index (χ4v) is 3.09. The number of aromatic carboxylic acids is 1. The van der Waals surface area contributed by atoms with Crippen LogP contribution in [0.1, 0.15) is 29.8 Å². The fraction of sp³-hybridized carbons (Fsp3) is 0.250. The van der Waals surface area contributed by atoms with Gasteiger partial charge in [0.2, 0.25) is 0 Å². The first kappa shape index (κ1) is 21.1. The second-order valence-electron chi connectivity index (χ2n) is 5.87. The van der Waals surface area contributed by atoms with Gasteiger partial charge >= 0.3 is 12.3 Å². The van der Waals surface area contributed by atoms with Gasteiger partial charge in [0.05, 0.1) is 16.8 Å². The molecule has 3 N–H and O–H groups in total. The van der Waals surface area contributed by atoms with E-state index in [1.807, 2.05) is 25.3 Å². The number of halogens is 3. The third-order valence-electron chi connectivity index (χ3n) is 4.22. The molecule has 150 valence electrons. The van der Waals surface area contributed by atoms with Crippen LogP contribution in [-0.2, 0) is 7.05 Å². The summed E-state index contributed by atoms with van der Waals surface area (Å²) in [6.45, 7) is 5.82. The van der Waals surface area contributed by atoms with E-state index in [1.54, 1.807) is 13.1 Å². The Balaban J connectivity index is 0.00000136. The molecule has 0 atom stereocenters. The van der Waals surface area contributed by atoms with Crippen LogP contribution >= 0.6 is 0 Å². The number of alkyl halides is 3. The molecule has 0 bridgehead atoms. The maximum absolute atomic E-state index is 12.3. The predicted molar refractivity (Wildman–Crippen MR) is 102 cm³/mol. The van der Waals surface area contributed by atoms with E-state index in [0.29, 0.717) is 10.9 Å². The second-order valence-corrected chi connectivity index (χ2v) is 5.87. The number of aryl methyl sites for hydroxylation is 2. The molecule has 3 aromatic rings. The lowest BCUT2D eigenvalue weighted by molar-refractivity contribution is -0.274. The van der Waals surface area contributed by atoms with Gasteiger partial charge in [-0.3, -0.25) is 0 Å². The normalized spacial score (nSPS) is 11.1. The minimum Gasteiger partial charge on any atom is -0.478 e. The lowest BCUT2D eigenvalue weighted by atomic mass is 10.0. The molecular formula is C20H21F3N2O3. The number of anilines is 1. The first-order chi connectivity index (χ1) is 13.1. The largest absolute Gasteiger partial charge is 0.573 e. The zero-order valence-corrected chi connectivity index (χ0v) is 15.9. The van der Waals surface area contributed by atoms with Gasteiger partial charge in [-0.05, 0) is 54.4 Å². The Bertz CT molecular complexity index is 1010. The number of nitrogens with zero attached hydrogens (tertiary/aromatic N) is 1. The monoisotopic (exact) mass is 394 g/mol. The summed E-state index contributed by atoms with van der Waals surface area (Å²) in [4.78, 5) is 11.3. The van der Waals surface area contributed by atoms with Crippen molar-refractivity contribution in [1.29, 1.82) is 0 Å². The topological polar surface area (TPSA) is 77.5 Å². The Morgan fingerprint density at radius 3 is 2.21 bits per heavy atom. The maximum atomic E-state index is 12.3. The van der Waals surface area contributed by atoms with Gasteiger partial charge in [0.1, 0.15) is 5.75 Å². The van der Waals surface area contributed by atoms with Crippen LogP contribution in [0.15, 0.2) is 36.4 Å². The quantitative estimate of drug-likeness (QED) is 0.587. The van der Waals surface area contributed by atoms with Crippen molar-refractivity contribution in [3.05, 3.63) is 47.5 Å². The van der Waals surface area contributed by atoms with Crippen LogP contribution in [-0.4, -0.2) is 22.0 Å². The standard InChI is InChI=1S/C18H15F3N2O3.C2H6/c1-9-12-7-13(17(24)25)14(22)8-15(12)23(2)16(9)10-3-5-11(6-4-10)26-18(19,20)21;1-2/h3-8H,22H2,1-2H3,(H,24,25);1-2H3. The number of carboxylic acid groups (broad SMARTS) is 1. The average molecular weight is 394 g/mol. The average Bonchev–Trinajstić information content (AvgIpc) is 2.86. The first-order valence-electron chi connectivity index (χ1n) is 8.56. The highest BCUT2D eigenvalue weighted by Crippen LogP contribution is 2.35. The molecule has 3 rings (SSSR count). The molecule has 1 heterocycles. The third kappa shape index (κ3) is 4.05. The van der Waals surface area contributed by atoms with Gasteiger partial charge in [0.25, 0.3) is 0 Å². The number of nitrogens with two attached hydrogens (primary N) is 1. The summed E-state index contributed by atoms with van der Waals surface area (Å²) in [6, 6.07) is 8.59. The second kappa shape index (κ2) is 7.84. The molecule has 28 heavy (non-hydrogen) atoms. The van der Waals surface area contributed by atoms with E-state index >= 15 is 0 Å². The van der Waals surface area contributed by atoms with Crippen molar-refractivity contribution in [2.45, 2.75) is 27.1 Å². The number of hydrogen-bond acceptors (Lipinski definition) is 3. The minimum absolute atomic E-state index is 0.00618. The van der Waals surface area contributed by atoms with E-state index in [-0.39, 0.29) is 17.0 Å². The van der Waals surface area contributed by atoms with Gasteiger partial charge in [-0.15, -0.1) is 13.2 Å². The maximum Gasteiger partial charge on any atom is 0.573 e. The third-order valence-corrected chi connectivity index (χ3v) is 4.22. The zero-order chi connectivity index (χ0) is 21.2. The summed E-state index contributed by atoms with van der Waals surface area (Å²) in [7, 11) is 1.78. The van der Waals surface area contributed by atoms with Crippen molar-refractivity contribution in [2.24, 2.45) is 7.05 Å². The Kier molecular flexibility index (Phi) is 5.92. The SMILES string of the molecule is CC.Cc1c(-c2ccc(OC(F)(F)F)cc2)n(C)c2cc(N)c(C(=O)O)cc12. The molecule has 2 aromatic carbocycles. The lowest BCUT2D eigenvalue weighted by Crippen LogP contribution is -2.16. The van der Waals surface area contributed by atoms with E-state index in [9.17, 15) is 23.1 Å². The molecule has 0 fully saturated rings. The van der Waals surface area contributed by atoms with Crippen LogP contribution in [0, 0.1) is 6.92 Å². The summed E-state index contributed by atoms with van der Waals surface area (Å²) in [5, 5.41) is 9.95. The number of fused-ring (bicyclic) bond motifs is 1. The molecular weight excluding hydrogens is 373 g/mol. The molecule has 0 saturated heterocycles. The lowest BCUT2D eigenvalue weighted by Gasteiger charge is -2.10. The Morgan fingerprint density at radius 1 is 1.14 bits per heavy atom. The van der Waals surface area contributed by atoms with Gasteiger partial charge in [-0.2, -0.15) is 0 Å². The van der Waals surface area contributed by atoms with Crippen molar-refractivity contribution in [2.75, 3.05) is 5.73 Å². The van der Waals surface area contributed by atoms with Crippen LogP contribution in [0.2, 0.25) is 0 Å². The number of carbonyl (C=O) groups is 1. The molecule has 8 heteroatoms. The van der Waals surface area contributed by atoms with Crippen LogP contribution in [0.25, 0.3) is 22.2 Å². The fourth-order valence-electron chi connectivity index (χ4n) is 3.09. The van der Waals surface area contributed by atoms with Crippen LogP contribution in [0.3, 0.4) is 0 Å². The highest BCUT2D eigenvalue weighted by atomic mass is 19.4. The smallest absolute Gasteiger partial charge is 0.478 e. The van der Waals surface area contributed by atoms with Gasteiger partial charge in [0.15, 0.2) is 0 Å². The van der Waals surface area contributed by atoms with Gasteiger partial charge in [-0.25, -0.2) is 4.79 Å². The van der Waals surface area contributed by atoms with Crippen molar-refractivity contribution >= 4 is 22.6 Å². The van der Waals surface area contributed by atoms with Crippen molar-refractivity contribution in [3.8, 4) is 17.0 Å². The van der Waals surface area contributed by atoms with Crippen LogP contribution in [0.4, 0.5) is 18.9 Å². The summed E-state index contributed by atoms with van der Waals surface area (Å²) in [5.41, 5.74) is 8.92. The van der Waals surface area contributed by atoms with Crippen LogP contribution < -0.4 is 10.5 Å². The minimum atomic E-state index is -4.75. The molecule has 1 aromatic heterocycles. The Morgan fingerprint density at radius 2 is 1.71 bits per heavy atom. The number of aromatic nitrogens is 1. The molecule has 0 unspecified atom stereocenters. The number of hydrogen-bond donors (Lipinski definition) is 2. The summed E-state index contributed by atoms with van der Waals surface area (Å²) in [5.74, 6) is -1.43. The highest BCUT2D eigenvalue weighted by molar-refractivity contribution is 6.02. The van der Waals surface area contributed by atoms with Crippen molar-refractivity contribution < 1.29 is 27.8 Å². The number of rotatable bonds is 3. The molecule has 0 saturated carbocycles. The molecule has 0 spiro atoms. The number of nitrogen functional groups attached to an aromatic ring is 1. The Hall–Kier alpha value is -3.16. The number of carboxylic acids is 1. The van der Waals surface area contributed by atoms with Crippen molar-refractivity contribution in [1.82, 2.24) is 4.57 Å². The molecule has 0 aliphatic carbocycles. The van der Waals surface area contributed by atoms with E-state index in [4.69, 9.17) is 5.73 Å². The van der Waals surface area contributed by atoms with E-state index in [2.05, 4.69) is 4.74 Å². The molecule has 0 aliphatic rings. The molecule has 0 amide bonds. The van der Waals surface area contributed by atoms with E-state index in [0.717, 1.165) is 16.8 Å². The summed E-state index contributed by atoms with van der Waals surface area (Å²) in [6.07, 6.45) is -4.75. The molecule has 0 aliphatic heterocycles. The first-order valence-corrected chi connectivity index (χ1v) is 8.56. The van der Waals surface area contributed by atoms with Gasteiger partial charge in [-0.1, -0.05) is 13.8 Å². The highest BCUT2D eigenvalue weighted by Gasteiger charge is 2.31. The zero-order valence-electron chi connectivity index (χ0n) is 15.9. The number of ether oxygens (including phenoxy) is 1. The van der Waals surface area contributed by atoms with E-state index < -0.39 is 12.3 Å². The Labute approximate surface area is 160 Å². The van der Waals surface area contributed by atoms with Crippen LogP contribution in [0.5, 0.6) is 5.75 Å². The van der Waals surface area contributed by atoms with Gasteiger partial charge < -0.3 is 20.1 Å². The molecule has 5 nitrogen and oxygen atoms in total. The number of benzene rings is 2. The molecule has 0 radical (unpaired) electrons. The van der Waals surface area contributed by atoms with Crippen molar-refractivity contribution in [3.63, 3.8) is 0 Å². The summed E-state index contributed by atoms with van der Waals surface area (Å²) >= 11 is 0. The van der Waals surface area contributed by atoms with Gasteiger partial charge in [0, 0.05) is 18.1 Å². The predicted octanol–water partition coefficient (Wildman–Crippen LogP) is 5.36.